The minimum Gasteiger partial charge on any atom is -0.481 e. The first kappa shape index (κ1) is 24.1. The van der Waals surface area contributed by atoms with E-state index in [-0.39, 0.29) is 18.4 Å². The quantitative estimate of drug-likeness (QED) is 0.427. The third kappa shape index (κ3) is 7.51. The van der Waals surface area contributed by atoms with Crippen LogP contribution < -0.4 is 16.2 Å². The molecule has 0 radical (unpaired) electrons. The summed E-state index contributed by atoms with van der Waals surface area (Å²) in [7, 11) is 0. The predicted octanol–water partition coefficient (Wildman–Crippen LogP) is 2.84. The number of aromatic nitrogens is 1. The molecule has 0 fully saturated rings. The van der Waals surface area contributed by atoms with E-state index in [1.807, 2.05) is 12.1 Å². The Labute approximate surface area is 189 Å². The second kappa shape index (κ2) is 11.3. The van der Waals surface area contributed by atoms with Crippen LogP contribution in [0.3, 0.4) is 0 Å². The molecule has 0 spiro atoms. The number of hydrazine groups is 1. The normalized spacial score (nSPS) is 13.4. The molecule has 176 valence electrons. The molecular formula is C23H26F2N4O4. The lowest BCUT2D eigenvalue weighted by molar-refractivity contribution is -0.137. The van der Waals surface area contributed by atoms with Crippen LogP contribution in [0.15, 0.2) is 30.3 Å². The van der Waals surface area contributed by atoms with Crippen molar-refractivity contribution in [1.29, 1.82) is 0 Å². The Morgan fingerprint density at radius 3 is 2.52 bits per heavy atom. The Morgan fingerprint density at radius 2 is 1.79 bits per heavy atom. The van der Waals surface area contributed by atoms with E-state index in [0.29, 0.717) is 18.9 Å². The van der Waals surface area contributed by atoms with Crippen LogP contribution in [0.5, 0.6) is 0 Å². The van der Waals surface area contributed by atoms with Gasteiger partial charge < -0.3 is 10.4 Å². The van der Waals surface area contributed by atoms with Crippen molar-refractivity contribution in [3.05, 3.63) is 58.8 Å². The van der Waals surface area contributed by atoms with Gasteiger partial charge in [0.15, 0.2) is 0 Å². The van der Waals surface area contributed by atoms with Crippen molar-refractivity contribution in [2.24, 2.45) is 0 Å². The number of aliphatic carboxylic acids is 1. The number of aryl methyl sites for hydroxylation is 2. The van der Waals surface area contributed by atoms with Gasteiger partial charge in [-0.15, -0.1) is 0 Å². The SMILES string of the molecule is O=C(O)CC(CC(=O)NNC(=O)CCCc1ccc2c(n1)NCCC2)c1cc(F)cc(F)c1. The molecule has 10 heteroatoms. The average Bonchev–Trinajstić information content (AvgIpc) is 2.76. The van der Waals surface area contributed by atoms with Crippen LogP contribution >= 0.6 is 0 Å². The van der Waals surface area contributed by atoms with E-state index in [4.69, 9.17) is 5.11 Å². The lowest BCUT2D eigenvalue weighted by Crippen LogP contribution is -2.42. The second-order valence-electron chi connectivity index (χ2n) is 7.99. The summed E-state index contributed by atoms with van der Waals surface area (Å²) in [6.45, 7) is 0.896. The first-order chi connectivity index (χ1) is 15.8. The average molecular weight is 460 g/mol. The fourth-order valence-electron chi connectivity index (χ4n) is 3.74. The number of rotatable bonds is 9. The second-order valence-corrected chi connectivity index (χ2v) is 7.99. The van der Waals surface area contributed by atoms with Gasteiger partial charge >= 0.3 is 5.97 Å². The van der Waals surface area contributed by atoms with E-state index < -0.39 is 41.8 Å². The van der Waals surface area contributed by atoms with E-state index in [1.54, 1.807) is 0 Å². The predicted molar refractivity (Wildman–Crippen MR) is 116 cm³/mol. The highest BCUT2D eigenvalue weighted by Gasteiger charge is 2.21. The topological polar surface area (TPSA) is 120 Å². The number of fused-ring (bicyclic) bond motifs is 1. The maximum atomic E-state index is 13.5. The number of nitrogens with one attached hydrogen (secondary N) is 3. The molecule has 1 aromatic heterocycles. The van der Waals surface area contributed by atoms with Crippen LogP contribution in [0.2, 0.25) is 0 Å². The van der Waals surface area contributed by atoms with Crippen LogP contribution in [-0.2, 0) is 27.2 Å². The number of nitrogens with zero attached hydrogens (tertiary/aromatic N) is 1. The third-order valence-electron chi connectivity index (χ3n) is 5.34. The van der Waals surface area contributed by atoms with E-state index >= 15 is 0 Å². The van der Waals surface area contributed by atoms with E-state index in [0.717, 1.165) is 43.0 Å². The van der Waals surface area contributed by atoms with Crippen molar-refractivity contribution in [2.45, 2.75) is 50.9 Å². The summed E-state index contributed by atoms with van der Waals surface area (Å²) in [5, 5.41) is 12.3. The summed E-state index contributed by atoms with van der Waals surface area (Å²) in [4.78, 5) is 39.9. The molecule has 8 nitrogen and oxygen atoms in total. The first-order valence-corrected chi connectivity index (χ1v) is 10.8. The number of amides is 2. The number of hydrogen-bond donors (Lipinski definition) is 4. The molecule has 0 saturated carbocycles. The van der Waals surface area contributed by atoms with Crippen LogP contribution in [0.4, 0.5) is 14.6 Å². The summed E-state index contributed by atoms with van der Waals surface area (Å²) in [5.41, 5.74) is 6.64. The Bertz CT molecular complexity index is 1010. The molecular weight excluding hydrogens is 434 g/mol. The number of benzene rings is 1. The molecule has 1 aliphatic rings. The van der Waals surface area contributed by atoms with Crippen LogP contribution in [0.1, 0.15) is 54.8 Å². The summed E-state index contributed by atoms with van der Waals surface area (Å²) in [6, 6.07) is 6.64. The molecule has 0 bridgehead atoms. The Morgan fingerprint density at radius 1 is 1.06 bits per heavy atom. The lowest BCUT2D eigenvalue weighted by atomic mass is 9.92. The fraction of sp³-hybridized carbons (Fsp3) is 0.391. The minimum absolute atomic E-state index is 0.0587. The number of carbonyl (C=O) groups excluding carboxylic acids is 2. The number of carbonyl (C=O) groups is 3. The van der Waals surface area contributed by atoms with Gasteiger partial charge in [0, 0.05) is 37.1 Å². The largest absolute Gasteiger partial charge is 0.481 e. The van der Waals surface area contributed by atoms with Crippen molar-refractivity contribution in [2.75, 3.05) is 11.9 Å². The highest BCUT2D eigenvalue weighted by atomic mass is 19.1. The molecule has 4 N–H and O–H groups in total. The molecule has 1 unspecified atom stereocenters. The van der Waals surface area contributed by atoms with E-state index in [9.17, 15) is 23.2 Å². The summed E-state index contributed by atoms with van der Waals surface area (Å²) in [5.74, 6) is -4.07. The Balaban J connectivity index is 1.44. The van der Waals surface area contributed by atoms with Gasteiger partial charge in [-0.2, -0.15) is 0 Å². The molecule has 1 aromatic carbocycles. The molecule has 2 amide bonds. The highest BCUT2D eigenvalue weighted by Crippen LogP contribution is 2.25. The summed E-state index contributed by atoms with van der Waals surface area (Å²) < 4.78 is 27.0. The van der Waals surface area contributed by atoms with Gasteiger partial charge in [0.1, 0.15) is 17.5 Å². The number of anilines is 1. The molecule has 3 rings (SSSR count). The van der Waals surface area contributed by atoms with Gasteiger partial charge in [0.25, 0.3) is 0 Å². The number of halogens is 2. The molecule has 1 aliphatic heterocycles. The van der Waals surface area contributed by atoms with Gasteiger partial charge in [0.2, 0.25) is 11.8 Å². The monoisotopic (exact) mass is 460 g/mol. The molecule has 2 heterocycles. The van der Waals surface area contributed by atoms with Gasteiger partial charge in [-0.05, 0) is 55.0 Å². The standard InChI is InChI=1S/C23H26F2N4O4/c24-17-9-15(10-18(25)13-17)16(12-22(32)33)11-21(31)29-28-20(30)5-1-4-19-7-6-14-3-2-8-26-23(14)27-19/h6-7,9-10,13,16H,1-5,8,11-12H2,(H,26,27)(H,28,30)(H,29,31)(H,32,33). The first-order valence-electron chi connectivity index (χ1n) is 10.8. The maximum Gasteiger partial charge on any atom is 0.303 e. The van der Waals surface area contributed by atoms with Gasteiger partial charge in [-0.3, -0.25) is 25.2 Å². The summed E-state index contributed by atoms with van der Waals surface area (Å²) in [6.07, 6.45) is 2.50. The molecule has 0 aliphatic carbocycles. The number of pyridine rings is 1. The van der Waals surface area contributed by atoms with Crippen molar-refractivity contribution >= 4 is 23.6 Å². The molecule has 1 atom stereocenters. The van der Waals surface area contributed by atoms with Gasteiger partial charge in [0.05, 0.1) is 6.42 Å². The van der Waals surface area contributed by atoms with Crippen LogP contribution in [0, 0.1) is 11.6 Å². The van der Waals surface area contributed by atoms with Crippen molar-refractivity contribution in [3.8, 4) is 0 Å². The smallest absolute Gasteiger partial charge is 0.303 e. The number of carboxylic acid groups (broad SMARTS) is 1. The molecule has 0 saturated heterocycles. The number of hydrogen-bond acceptors (Lipinski definition) is 5. The lowest BCUT2D eigenvalue weighted by Gasteiger charge is -2.17. The number of carboxylic acids is 1. The zero-order valence-corrected chi connectivity index (χ0v) is 18.0. The van der Waals surface area contributed by atoms with E-state index in [2.05, 4.69) is 21.2 Å². The van der Waals surface area contributed by atoms with Crippen molar-refractivity contribution in [1.82, 2.24) is 15.8 Å². The third-order valence-corrected chi connectivity index (χ3v) is 5.34. The Kier molecular flexibility index (Phi) is 8.28. The Hall–Kier alpha value is -3.56. The van der Waals surface area contributed by atoms with Gasteiger partial charge in [-0.1, -0.05) is 6.07 Å². The molecule has 33 heavy (non-hydrogen) atoms. The van der Waals surface area contributed by atoms with Crippen LogP contribution in [0.25, 0.3) is 0 Å². The zero-order chi connectivity index (χ0) is 23.8. The van der Waals surface area contributed by atoms with Crippen molar-refractivity contribution < 1.29 is 28.3 Å². The summed E-state index contributed by atoms with van der Waals surface area (Å²) >= 11 is 0. The van der Waals surface area contributed by atoms with Crippen molar-refractivity contribution in [3.63, 3.8) is 0 Å². The zero-order valence-electron chi connectivity index (χ0n) is 18.0. The fourth-order valence-corrected chi connectivity index (χ4v) is 3.74. The highest BCUT2D eigenvalue weighted by molar-refractivity contribution is 5.82. The maximum absolute atomic E-state index is 13.5. The van der Waals surface area contributed by atoms with E-state index in [1.165, 1.54) is 5.56 Å². The minimum atomic E-state index is -1.22. The van der Waals surface area contributed by atoms with Gasteiger partial charge in [-0.25, -0.2) is 13.8 Å². The molecule has 2 aromatic rings. The van der Waals surface area contributed by atoms with Crippen LogP contribution in [-0.4, -0.2) is 34.4 Å².